The van der Waals surface area contributed by atoms with E-state index in [9.17, 15) is 4.79 Å². The van der Waals surface area contributed by atoms with E-state index in [2.05, 4.69) is 26.9 Å². The zero-order chi connectivity index (χ0) is 14.7. The lowest BCUT2D eigenvalue weighted by Crippen LogP contribution is -2.46. The molecule has 2 aromatic rings. The predicted molar refractivity (Wildman–Crippen MR) is 87.6 cm³/mol. The third-order valence-electron chi connectivity index (χ3n) is 3.85. The van der Waals surface area contributed by atoms with Crippen LogP contribution in [0.5, 0.6) is 0 Å². The van der Waals surface area contributed by atoms with Gasteiger partial charge in [-0.05, 0) is 24.3 Å². The summed E-state index contributed by atoms with van der Waals surface area (Å²) < 4.78 is 0. The van der Waals surface area contributed by atoms with Gasteiger partial charge in [-0.25, -0.2) is 4.98 Å². The van der Waals surface area contributed by atoms with Gasteiger partial charge >= 0.3 is 0 Å². The number of anilines is 2. The number of thiazole rings is 1. The van der Waals surface area contributed by atoms with Crippen LogP contribution in [-0.4, -0.2) is 36.9 Å². The van der Waals surface area contributed by atoms with Crippen LogP contribution in [0.15, 0.2) is 35.8 Å². The Morgan fingerprint density at radius 1 is 1.14 bits per heavy atom. The van der Waals surface area contributed by atoms with Gasteiger partial charge in [0.15, 0.2) is 10.9 Å². The number of piperazine rings is 1. The van der Waals surface area contributed by atoms with Gasteiger partial charge in [0.2, 0.25) is 0 Å². The second-order valence-corrected chi connectivity index (χ2v) is 5.99. The number of carbonyl (C=O) groups is 1. The Kier molecular flexibility index (Phi) is 4.20. The van der Waals surface area contributed by atoms with Gasteiger partial charge in [0, 0.05) is 55.4 Å². The Morgan fingerprint density at radius 3 is 2.38 bits per heavy atom. The Bertz CT molecular complexity index is 586. The zero-order valence-electron chi connectivity index (χ0n) is 12.2. The molecule has 3 rings (SSSR count). The van der Waals surface area contributed by atoms with Crippen molar-refractivity contribution in [3.8, 4) is 0 Å². The molecule has 21 heavy (non-hydrogen) atoms. The highest BCUT2D eigenvalue weighted by atomic mass is 32.1. The smallest absolute Gasteiger partial charge is 0.185 e. The molecule has 0 spiro atoms. The second-order valence-electron chi connectivity index (χ2n) is 5.11. The lowest BCUT2D eigenvalue weighted by atomic mass is 10.1. The number of rotatable bonds is 4. The summed E-state index contributed by atoms with van der Waals surface area (Å²) in [4.78, 5) is 20.7. The van der Waals surface area contributed by atoms with Crippen molar-refractivity contribution in [2.24, 2.45) is 0 Å². The average molecular weight is 301 g/mol. The van der Waals surface area contributed by atoms with E-state index in [1.165, 1.54) is 5.69 Å². The van der Waals surface area contributed by atoms with Crippen molar-refractivity contribution in [1.29, 1.82) is 0 Å². The molecule has 0 amide bonds. The van der Waals surface area contributed by atoms with Crippen molar-refractivity contribution in [2.75, 3.05) is 36.0 Å². The van der Waals surface area contributed by atoms with Crippen molar-refractivity contribution in [1.82, 2.24) is 4.98 Å². The quantitative estimate of drug-likeness (QED) is 0.813. The highest BCUT2D eigenvalue weighted by Crippen LogP contribution is 2.22. The molecule has 1 saturated heterocycles. The molecule has 110 valence electrons. The first kappa shape index (κ1) is 14.1. The number of hydrogen-bond donors (Lipinski definition) is 0. The van der Waals surface area contributed by atoms with E-state index < -0.39 is 0 Å². The predicted octanol–water partition coefficient (Wildman–Crippen LogP) is 3.06. The number of ketones is 1. The fraction of sp³-hybridized carbons (Fsp3) is 0.375. The van der Waals surface area contributed by atoms with Crippen molar-refractivity contribution < 1.29 is 4.79 Å². The van der Waals surface area contributed by atoms with E-state index in [1.807, 2.05) is 30.6 Å². The molecule has 1 aliphatic rings. The SMILES string of the molecule is CCC(=O)c1ccc(N2CCN(c3nccs3)CC2)cc1. The first-order valence-corrected chi connectivity index (χ1v) is 8.18. The molecular weight excluding hydrogens is 282 g/mol. The second kappa shape index (κ2) is 6.26. The summed E-state index contributed by atoms with van der Waals surface area (Å²) in [5, 5.41) is 3.13. The number of aromatic nitrogens is 1. The number of benzene rings is 1. The summed E-state index contributed by atoms with van der Waals surface area (Å²) in [5.74, 6) is 0.204. The Morgan fingerprint density at radius 2 is 1.81 bits per heavy atom. The minimum absolute atomic E-state index is 0.204. The zero-order valence-corrected chi connectivity index (χ0v) is 13.0. The lowest BCUT2D eigenvalue weighted by molar-refractivity contribution is 0.0988. The van der Waals surface area contributed by atoms with E-state index in [4.69, 9.17) is 0 Å². The summed E-state index contributed by atoms with van der Waals surface area (Å²) in [6.07, 6.45) is 2.42. The highest BCUT2D eigenvalue weighted by Gasteiger charge is 2.18. The largest absolute Gasteiger partial charge is 0.368 e. The molecular formula is C16H19N3OS. The molecule has 4 nitrogen and oxygen atoms in total. The summed E-state index contributed by atoms with van der Waals surface area (Å²) in [6, 6.07) is 7.99. The van der Waals surface area contributed by atoms with E-state index in [0.29, 0.717) is 6.42 Å². The standard InChI is InChI=1S/C16H19N3OS/c1-2-15(20)13-3-5-14(6-4-13)18-8-10-19(11-9-18)16-17-7-12-21-16/h3-7,12H,2,8-11H2,1H3. The van der Waals surface area contributed by atoms with E-state index in [-0.39, 0.29) is 5.78 Å². The van der Waals surface area contributed by atoms with Gasteiger partial charge in [0.05, 0.1) is 0 Å². The molecule has 1 aliphatic heterocycles. The molecule has 5 heteroatoms. The van der Waals surface area contributed by atoms with Crippen molar-refractivity contribution in [3.05, 3.63) is 41.4 Å². The molecule has 1 aromatic carbocycles. The number of hydrogen-bond acceptors (Lipinski definition) is 5. The summed E-state index contributed by atoms with van der Waals surface area (Å²) in [7, 11) is 0. The van der Waals surface area contributed by atoms with Gasteiger partial charge in [-0.3, -0.25) is 4.79 Å². The van der Waals surface area contributed by atoms with Crippen LogP contribution in [-0.2, 0) is 0 Å². The van der Waals surface area contributed by atoms with Crippen LogP contribution in [0.4, 0.5) is 10.8 Å². The Balaban J connectivity index is 1.63. The number of carbonyl (C=O) groups excluding carboxylic acids is 1. The Hall–Kier alpha value is -1.88. The molecule has 0 N–H and O–H groups in total. The summed E-state index contributed by atoms with van der Waals surface area (Å²) in [6.45, 7) is 5.85. The first-order valence-electron chi connectivity index (χ1n) is 7.30. The van der Waals surface area contributed by atoms with Crippen LogP contribution in [0.2, 0.25) is 0 Å². The van der Waals surface area contributed by atoms with Gasteiger partial charge in [0.1, 0.15) is 0 Å². The van der Waals surface area contributed by atoms with Gasteiger partial charge in [-0.15, -0.1) is 11.3 Å². The molecule has 0 saturated carbocycles. The van der Waals surface area contributed by atoms with Gasteiger partial charge in [0.25, 0.3) is 0 Å². The van der Waals surface area contributed by atoms with Crippen LogP contribution in [0.3, 0.4) is 0 Å². The Labute approximate surface area is 129 Å². The van der Waals surface area contributed by atoms with Crippen LogP contribution < -0.4 is 9.80 Å². The lowest BCUT2D eigenvalue weighted by Gasteiger charge is -2.36. The van der Waals surface area contributed by atoms with E-state index in [1.54, 1.807) is 11.3 Å². The van der Waals surface area contributed by atoms with E-state index in [0.717, 1.165) is 36.9 Å². The maximum atomic E-state index is 11.6. The normalized spacial score (nSPS) is 15.3. The number of nitrogens with zero attached hydrogens (tertiary/aromatic N) is 3. The van der Waals surface area contributed by atoms with Crippen LogP contribution in [0.25, 0.3) is 0 Å². The molecule has 0 atom stereocenters. The minimum atomic E-state index is 0.204. The maximum Gasteiger partial charge on any atom is 0.185 e. The fourth-order valence-electron chi connectivity index (χ4n) is 2.59. The minimum Gasteiger partial charge on any atom is -0.368 e. The molecule has 1 fully saturated rings. The van der Waals surface area contributed by atoms with E-state index >= 15 is 0 Å². The monoisotopic (exact) mass is 301 g/mol. The topological polar surface area (TPSA) is 36.4 Å². The van der Waals surface area contributed by atoms with Gasteiger partial charge < -0.3 is 9.80 Å². The maximum absolute atomic E-state index is 11.6. The molecule has 2 heterocycles. The molecule has 0 aliphatic carbocycles. The average Bonchev–Trinajstić information content (AvgIpc) is 3.09. The van der Waals surface area contributed by atoms with Gasteiger partial charge in [-0.1, -0.05) is 6.92 Å². The summed E-state index contributed by atoms with van der Waals surface area (Å²) in [5.41, 5.74) is 2.00. The van der Waals surface area contributed by atoms with Crippen LogP contribution in [0.1, 0.15) is 23.7 Å². The van der Waals surface area contributed by atoms with Crippen LogP contribution in [0, 0.1) is 0 Å². The van der Waals surface area contributed by atoms with Crippen molar-refractivity contribution >= 4 is 27.9 Å². The van der Waals surface area contributed by atoms with Crippen molar-refractivity contribution in [3.63, 3.8) is 0 Å². The van der Waals surface area contributed by atoms with Gasteiger partial charge in [-0.2, -0.15) is 0 Å². The fourth-order valence-corrected chi connectivity index (χ4v) is 3.29. The first-order chi connectivity index (χ1) is 10.3. The third kappa shape index (κ3) is 3.08. The number of Topliss-reactive ketones (excluding diaryl/α,β-unsaturated/α-hetero) is 1. The summed E-state index contributed by atoms with van der Waals surface area (Å²) >= 11 is 1.69. The van der Waals surface area contributed by atoms with Crippen molar-refractivity contribution in [2.45, 2.75) is 13.3 Å². The molecule has 0 radical (unpaired) electrons. The van der Waals surface area contributed by atoms with Crippen LogP contribution >= 0.6 is 11.3 Å². The highest BCUT2D eigenvalue weighted by molar-refractivity contribution is 7.13. The molecule has 0 bridgehead atoms. The third-order valence-corrected chi connectivity index (χ3v) is 4.68. The molecule has 1 aromatic heterocycles. The molecule has 0 unspecified atom stereocenters.